The number of nitrogens with zero attached hydrogens (tertiary/aromatic N) is 3. The molecule has 1 saturated heterocycles. The lowest BCUT2D eigenvalue weighted by Gasteiger charge is -2.32. The molecule has 1 N–H and O–H groups in total. The minimum absolute atomic E-state index is 0.527. The molecule has 0 bridgehead atoms. The number of anilines is 1. The van der Waals surface area contributed by atoms with E-state index in [0.29, 0.717) is 11.2 Å². The highest BCUT2D eigenvalue weighted by atomic mass is 35.5. The Bertz CT molecular complexity index is 383. The number of likely N-dealkylation sites (tertiary alicyclic amines) is 1. The van der Waals surface area contributed by atoms with Crippen molar-refractivity contribution >= 4 is 17.4 Å². The second-order valence-electron chi connectivity index (χ2n) is 4.65. The van der Waals surface area contributed by atoms with Crippen molar-refractivity contribution in [3.8, 4) is 0 Å². The summed E-state index contributed by atoms with van der Waals surface area (Å²) in [5.74, 6) is 0.851. The van der Waals surface area contributed by atoms with E-state index in [1.807, 2.05) is 6.92 Å². The molecule has 0 saturated carbocycles. The molecule has 4 nitrogen and oxygen atoms in total. The van der Waals surface area contributed by atoms with Crippen molar-refractivity contribution in [2.24, 2.45) is 0 Å². The molecule has 94 valence electrons. The summed E-state index contributed by atoms with van der Waals surface area (Å²) in [5, 5.41) is 3.90. The van der Waals surface area contributed by atoms with E-state index in [9.17, 15) is 0 Å². The SMILES string of the molecule is Cc1c(Cl)ncnc1NCC1CCCCN1C. The number of hydrogen-bond donors (Lipinski definition) is 1. The number of likely N-dealkylation sites (N-methyl/N-ethyl adjacent to an activating group) is 1. The Morgan fingerprint density at radius 1 is 1.47 bits per heavy atom. The molecule has 2 heterocycles. The minimum atomic E-state index is 0.527. The van der Waals surface area contributed by atoms with Gasteiger partial charge in [-0.05, 0) is 33.4 Å². The van der Waals surface area contributed by atoms with E-state index in [2.05, 4.69) is 27.2 Å². The fourth-order valence-electron chi connectivity index (χ4n) is 2.22. The van der Waals surface area contributed by atoms with Crippen molar-refractivity contribution < 1.29 is 0 Å². The number of halogens is 1. The quantitative estimate of drug-likeness (QED) is 0.841. The Kier molecular flexibility index (Phi) is 4.18. The van der Waals surface area contributed by atoms with Gasteiger partial charge in [-0.2, -0.15) is 0 Å². The average Bonchev–Trinajstić information content (AvgIpc) is 2.33. The van der Waals surface area contributed by atoms with E-state index in [1.165, 1.54) is 32.1 Å². The van der Waals surface area contributed by atoms with Crippen LogP contribution in [0.1, 0.15) is 24.8 Å². The summed E-state index contributed by atoms with van der Waals surface area (Å²) in [6, 6.07) is 0.594. The number of piperidine rings is 1. The molecule has 0 spiro atoms. The van der Waals surface area contributed by atoms with E-state index in [-0.39, 0.29) is 0 Å². The standard InChI is InChI=1S/C12H19ClN4/c1-9-11(13)15-8-16-12(9)14-7-10-5-3-4-6-17(10)2/h8,10H,3-7H2,1-2H3,(H,14,15,16). The molecule has 1 fully saturated rings. The lowest BCUT2D eigenvalue weighted by molar-refractivity contribution is 0.194. The fourth-order valence-corrected chi connectivity index (χ4v) is 2.36. The van der Waals surface area contributed by atoms with Crippen LogP contribution >= 0.6 is 11.6 Å². The van der Waals surface area contributed by atoms with Gasteiger partial charge in [-0.25, -0.2) is 9.97 Å². The first-order valence-corrected chi connectivity index (χ1v) is 6.47. The maximum Gasteiger partial charge on any atom is 0.137 e. The van der Waals surface area contributed by atoms with Crippen LogP contribution < -0.4 is 5.32 Å². The molecular weight excluding hydrogens is 236 g/mol. The third-order valence-corrected chi connectivity index (χ3v) is 3.83. The zero-order chi connectivity index (χ0) is 12.3. The van der Waals surface area contributed by atoms with Crippen LogP contribution in [0.3, 0.4) is 0 Å². The van der Waals surface area contributed by atoms with Gasteiger partial charge in [0, 0.05) is 18.2 Å². The van der Waals surface area contributed by atoms with Gasteiger partial charge in [-0.1, -0.05) is 18.0 Å². The number of hydrogen-bond acceptors (Lipinski definition) is 4. The topological polar surface area (TPSA) is 41.1 Å². The smallest absolute Gasteiger partial charge is 0.137 e. The summed E-state index contributed by atoms with van der Waals surface area (Å²) in [6.07, 6.45) is 5.38. The molecule has 2 rings (SSSR count). The van der Waals surface area contributed by atoms with E-state index in [0.717, 1.165) is 17.9 Å². The number of rotatable bonds is 3. The summed E-state index contributed by atoms with van der Waals surface area (Å²) >= 11 is 5.96. The van der Waals surface area contributed by atoms with Gasteiger partial charge in [0.05, 0.1) is 0 Å². The molecular formula is C12H19ClN4. The molecule has 1 aromatic rings. The van der Waals surface area contributed by atoms with Gasteiger partial charge in [0.25, 0.3) is 0 Å². The van der Waals surface area contributed by atoms with E-state index in [1.54, 1.807) is 0 Å². The fraction of sp³-hybridized carbons (Fsp3) is 0.667. The zero-order valence-corrected chi connectivity index (χ0v) is 11.2. The van der Waals surface area contributed by atoms with Gasteiger partial charge < -0.3 is 10.2 Å². The Morgan fingerprint density at radius 3 is 3.06 bits per heavy atom. The molecule has 0 aromatic carbocycles. The highest BCUT2D eigenvalue weighted by molar-refractivity contribution is 6.30. The van der Waals surface area contributed by atoms with Crippen molar-refractivity contribution in [2.45, 2.75) is 32.2 Å². The van der Waals surface area contributed by atoms with E-state index in [4.69, 9.17) is 11.6 Å². The lowest BCUT2D eigenvalue weighted by Crippen LogP contribution is -2.40. The van der Waals surface area contributed by atoms with Crippen molar-refractivity contribution in [3.05, 3.63) is 17.0 Å². The second-order valence-corrected chi connectivity index (χ2v) is 5.01. The van der Waals surface area contributed by atoms with Crippen LogP contribution in [0, 0.1) is 6.92 Å². The molecule has 0 radical (unpaired) electrons. The summed E-state index contributed by atoms with van der Waals surface area (Å²) in [6.45, 7) is 4.05. The molecule has 1 aliphatic heterocycles. The largest absolute Gasteiger partial charge is 0.368 e. The Labute approximate surface area is 107 Å². The van der Waals surface area contributed by atoms with Gasteiger partial charge in [0.2, 0.25) is 0 Å². The monoisotopic (exact) mass is 254 g/mol. The summed E-state index contributed by atoms with van der Waals surface area (Å²) in [4.78, 5) is 10.6. The molecule has 1 atom stereocenters. The Balaban J connectivity index is 1.95. The molecule has 0 aliphatic carbocycles. The molecule has 1 aromatic heterocycles. The maximum absolute atomic E-state index is 5.96. The first-order valence-electron chi connectivity index (χ1n) is 6.09. The van der Waals surface area contributed by atoms with Crippen LogP contribution in [-0.4, -0.2) is 41.0 Å². The predicted molar refractivity (Wildman–Crippen MR) is 70.5 cm³/mol. The van der Waals surface area contributed by atoms with Crippen molar-refractivity contribution in [2.75, 3.05) is 25.5 Å². The van der Waals surface area contributed by atoms with Gasteiger partial charge >= 0.3 is 0 Å². The summed E-state index contributed by atoms with van der Waals surface area (Å²) in [5.41, 5.74) is 0.924. The molecule has 0 amide bonds. The van der Waals surface area contributed by atoms with Crippen molar-refractivity contribution in [1.82, 2.24) is 14.9 Å². The van der Waals surface area contributed by atoms with Gasteiger partial charge in [-0.15, -0.1) is 0 Å². The number of aromatic nitrogens is 2. The number of nitrogens with one attached hydrogen (secondary N) is 1. The van der Waals surface area contributed by atoms with Crippen molar-refractivity contribution in [1.29, 1.82) is 0 Å². The molecule has 1 unspecified atom stereocenters. The van der Waals surface area contributed by atoms with E-state index >= 15 is 0 Å². The summed E-state index contributed by atoms with van der Waals surface area (Å²) in [7, 11) is 2.19. The Hall–Kier alpha value is -0.870. The Morgan fingerprint density at radius 2 is 2.29 bits per heavy atom. The van der Waals surface area contributed by atoms with Crippen molar-refractivity contribution in [3.63, 3.8) is 0 Å². The van der Waals surface area contributed by atoms with Crippen LogP contribution in [0.5, 0.6) is 0 Å². The lowest BCUT2D eigenvalue weighted by atomic mass is 10.0. The predicted octanol–water partition coefficient (Wildman–Crippen LogP) is 2.33. The second kappa shape index (κ2) is 5.65. The summed E-state index contributed by atoms with van der Waals surface area (Å²) < 4.78 is 0. The van der Waals surface area contributed by atoms with Gasteiger partial charge in [0.15, 0.2) is 0 Å². The highest BCUT2D eigenvalue weighted by Crippen LogP contribution is 2.19. The minimum Gasteiger partial charge on any atom is -0.368 e. The average molecular weight is 255 g/mol. The van der Waals surface area contributed by atoms with Crippen LogP contribution in [0.25, 0.3) is 0 Å². The molecule has 17 heavy (non-hydrogen) atoms. The molecule has 1 aliphatic rings. The molecule has 5 heteroatoms. The third-order valence-electron chi connectivity index (χ3n) is 3.45. The third kappa shape index (κ3) is 3.07. The first-order chi connectivity index (χ1) is 8.18. The normalized spacial score (nSPS) is 21.5. The zero-order valence-electron chi connectivity index (χ0n) is 10.4. The van der Waals surface area contributed by atoms with Crippen LogP contribution in [0.2, 0.25) is 5.15 Å². The van der Waals surface area contributed by atoms with Gasteiger partial charge in [-0.3, -0.25) is 0 Å². The van der Waals surface area contributed by atoms with Crippen LogP contribution in [0.4, 0.5) is 5.82 Å². The highest BCUT2D eigenvalue weighted by Gasteiger charge is 2.18. The van der Waals surface area contributed by atoms with Gasteiger partial charge in [0.1, 0.15) is 17.3 Å². The van der Waals surface area contributed by atoms with E-state index < -0.39 is 0 Å². The maximum atomic E-state index is 5.96. The van der Waals surface area contributed by atoms with Crippen LogP contribution in [0.15, 0.2) is 6.33 Å². The first kappa shape index (κ1) is 12.6. The van der Waals surface area contributed by atoms with Crippen LogP contribution in [-0.2, 0) is 0 Å².